The van der Waals surface area contributed by atoms with Crippen LogP contribution in [0.2, 0.25) is 0 Å². The van der Waals surface area contributed by atoms with E-state index in [0.29, 0.717) is 5.56 Å². The summed E-state index contributed by atoms with van der Waals surface area (Å²) in [5.41, 5.74) is 0.586. The smallest absolute Gasteiger partial charge is 0.320 e. The number of rotatable bonds is 5. The Kier molecular flexibility index (Phi) is 4.00. The highest BCUT2D eigenvalue weighted by Crippen LogP contribution is 1.99. The maximum absolute atomic E-state index is 11.5. The van der Waals surface area contributed by atoms with Gasteiger partial charge in [0.05, 0.1) is 6.54 Å². The van der Waals surface area contributed by atoms with Crippen LogP contribution >= 0.6 is 0 Å². The minimum absolute atomic E-state index is 0.0392. The number of hydrogen-bond acceptors (Lipinski definition) is 3. The van der Waals surface area contributed by atoms with Crippen LogP contribution in [0.25, 0.3) is 0 Å². The topological polar surface area (TPSA) is 66.4 Å². The zero-order chi connectivity index (χ0) is 11.3. The lowest BCUT2D eigenvalue weighted by molar-refractivity contribution is -0.138. The van der Waals surface area contributed by atoms with Crippen LogP contribution < -0.4 is 5.32 Å². The maximum atomic E-state index is 11.5. The summed E-state index contributed by atoms with van der Waals surface area (Å²) in [4.78, 5) is 22.0. The molecule has 0 unspecified atom stereocenters. The van der Waals surface area contributed by atoms with E-state index < -0.39 is 12.0 Å². The summed E-state index contributed by atoms with van der Waals surface area (Å²) in [7, 11) is 0. The first-order valence-electron chi connectivity index (χ1n) is 4.65. The monoisotopic (exact) mass is 207 g/mol. The normalized spacial score (nSPS) is 12.1. The number of carboxylic acids is 1. The SMILES string of the molecule is C[C@H](NCC(=O)c1ccccc1)C(=O)O. The van der Waals surface area contributed by atoms with Gasteiger partial charge < -0.3 is 5.11 Å². The molecule has 0 aliphatic rings. The lowest BCUT2D eigenvalue weighted by atomic mass is 10.1. The lowest BCUT2D eigenvalue weighted by Crippen LogP contribution is -2.37. The minimum atomic E-state index is -0.962. The van der Waals surface area contributed by atoms with Crippen LogP contribution in [0, 0.1) is 0 Å². The number of Topliss-reactive ketones (excluding diaryl/α,β-unsaturated/α-hetero) is 1. The van der Waals surface area contributed by atoms with Gasteiger partial charge in [-0.05, 0) is 6.92 Å². The Morgan fingerprint density at radius 2 is 1.93 bits per heavy atom. The number of carbonyl (C=O) groups is 2. The molecule has 2 N–H and O–H groups in total. The second kappa shape index (κ2) is 5.26. The zero-order valence-corrected chi connectivity index (χ0v) is 8.43. The summed E-state index contributed by atoms with van der Waals surface area (Å²) >= 11 is 0. The molecule has 0 saturated heterocycles. The molecule has 0 heterocycles. The van der Waals surface area contributed by atoms with Crippen LogP contribution in [-0.2, 0) is 4.79 Å². The third kappa shape index (κ3) is 3.52. The molecule has 0 aliphatic carbocycles. The van der Waals surface area contributed by atoms with Gasteiger partial charge in [0, 0.05) is 5.56 Å². The van der Waals surface area contributed by atoms with E-state index in [-0.39, 0.29) is 12.3 Å². The van der Waals surface area contributed by atoms with E-state index in [4.69, 9.17) is 5.11 Å². The van der Waals surface area contributed by atoms with Crippen molar-refractivity contribution in [1.29, 1.82) is 0 Å². The first kappa shape index (κ1) is 11.4. The number of carbonyl (C=O) groups excluding carboxylic acids is 1. The average Bonchev–Trinajstić information content (AvgIpc) is 2.26. The lowest BCUT2D eigenvalue weighted by Gasteiger charge is -2.07. The number of hydrogen-bond donors (Lipinski definition) is 2. The number of benzene rings is 1. The zero-order valence-electron chi connectivity index (χ0n) is 8.43. The largest absolute Gasteiger partial charge is 0.480 e. The van der Waals surface area contributed by atoms with E-state index in [9.17, 15) is 9.59 Å². The van der Waals surface area contributed by atoms with E-state index in [1.807, 2.05) is 6.07 Å². The van der Waals surface area contributed by atoms with Gasteiger partial charge in [0.25, 0.3) is 0 Å². The maximum Gasteiger partial charge on any atom is 0.320 e. The Labute approximate surface area is 87.9 Å². The molecule has 80 valence electrons. The van der Waals surface area contributed by atoms with E-state index >= 15 is 0 Å². The molecule has 0 fully saturated rings. The van der Waals surface area contributed by atoms with Crippen LogP contribution in [-0.4, -0.2) is 29.4 Å². The highest BCUT2D eigenvalue weighted by Gasteiger charge is 2.12. The molecule has 0 saturated carbocycles. The van der Waals surface area contributed by atoms with E-state index in [1.54, 1.807) is 24.3 Å². The number of carboxylic acid groups (broad SMARTS) is 1. The molecule has 0 spiro atoms. The van der Waals surface area contributed by atoms with Crippen molar-refractivity contribution in [2.45, 2.75) is 13.0 Å². The van der Waals surface area contributed by atoms with Crippen molar-refractivity contribution < 1.29 is 14.7 Å². The van der Waals surface area contributed by atoms with Crippen LogP contribution in [0.4, 0.5) is 0 Å². The summed E-state index contributed by atoms with van der Waals surface area (Å²) in [6.45, 7) is 1.54. The highest BCUT2D eigenvalue weighted by molar-refractivity contribution is 5.97. The third-order valence-corrected chi connectivity index (χ3v) is 2.03. The molecule has 0 amide bonds. The van der Waals surface area contributed by atoms with Crippen molar-refractivity contribution in [2.75, 3.05) is 6.54 Å². The van der Waals surface area contributed by atoms with Crippen LogP contribution in [0.5, 0.6) is 0 Å². The number of nitrogens with one attached hydrogen (secondary N) is 1. The fourth-order valence-corrected chi connectivity index (χ4v) is 1.06. The Balaban J connectivity index is 2.47. The Bertz CT molecular complexity index is 348. The van der Waals surface area contributed by atoms with Crippen LogP contribution in [0.1, 0.15) is 17.3 Å². The summed E-state index contributed by atoms with van der Waals surface area (Å²) < 4.78 is 0. The Morgan fingerprint density at radius 1 is 1.33 bits per heavy atom. The molecule has 0 bridgehead atoms. The van der Waals surface area contributed by atoms with E-state index in [1.165, 1.54) is 6.92 Å². The fourth-order valence-electron chi connectivity index (χ4n) is 1.06. The Morgan fingerprint density at radius 3 is 2.47 bits per heavy atom. The molecular formula is C11H13NO3. The average molecular weight is 207 g/mol. The van der Waals surface area contributed by atoms with Gasteiger partial charge in [0.2, 0.25) is 0 Å². The molecular weight excluding hydrogens is 194 g/mol. The van der Waals surface area contributed by atoms with Gasteiger partial charge in [-0.1, -0.05) is 30.3 Å². The van der Waals surface area contributed by atoms with Gasteiger partial charge in [0.15, 0.2) is 5.78 Å². The van der Waals surface area contributed by atoms with Gasteiger partial charge in [-0.3, -0.25) is 14.9 Å². The predicted molar refractivity (Wildman–Crippen MR) is 55.9 cm³/mol. The summed E-state index contributed by atoms with van der Waals surface area (Å²) in [6.07, 6.45) is 0. The minimum Gasteiger partial charge on any atom is -0.480 e. The predicted octanol–water partition coefficient (Wildman–Crippen LogP) is 0.932. The molecule has 1 atom stereocenters. The second-order valence-electron chi connectivity index (χ2n) is 3.23. The van der Waals surface area contributed by atoms with Crippen molar-refractivity contribution in [2.24, 2.45) is 0 Å². The van der Waals surface area contributed by atoms with Crippen LogP contribution in [0.3, 0.4) is 0 Å². The number of ketones is 1. The molecule has 1 aromatic carbocycles. The molecule has 4 nitrogen and oxygen atoms in total. The quantitative estimate of drug-likeness (QED) is 0.705. The van der Waals surface area contributed by atoms with Crippen molar-refractivity contribution in [3.63, 3.8) is 0 Å². The van der Waals surface area contributed by atoms with Crippen LogP contribution in [0.15, 0.2) is 30.3 Å². The number of aliphatic carboxylic acids is 1. The van der Waals surface area contributed by atoms with Crippen molar-refractivity contribution in [1.82, 2.24) is 5.32 Å². The van der Waals surface area contributed by atoms with E-state index in [0.717, 1.165) is 0 Å². The molecule has 0 aromatic heterocycles. The van der Waals surface area contributed by atoms with Crippen molar-refractivity contribution in [3.05, 3.63) is 35.9 Å². The molecule has 0 aliphatic heterocycles. The molecule has 0 radical (unpaired) electrons. The highest BCUT2D eigenvalue weighted by atomic mass is 16.4. The first-order valence-corrected chi connectivity index (χ1v) is 4.65. The first-order chi connectivity index (χ1) is 7.11. The standard InChI is InChI=1S/C11H13NO3/c1-8(11(14)15)12-7-10(13)9-5-3-2-4-6-9/h2-6,8,12H,7H2,1H3,(H,14,15)/t8-/m0/s1. The van der Waals surface area contributed by atoms with Gasteiger partial charge >= 0.3 is 5.97 Å². The molecule has 15 heavy (non-hydrogen) atoms. The van der Waals surface area contributed by atoms with Crippen molar-refractivity contribution in [3.8, 4) is 0 Å². The molecule has 1 rings (SSSR count). The molecule has 1 aromatic rings. The third-order valence-electron chi connectivity index (χ3n) is 2.03. The second-order valence-corrected chi connectivity index (χ2v) is 3.23. The van der Waals surface area contributed by atoms with Gasteiger partial charge in [-0.25, -0.2) is 0 Å². The van der Waals surface area contributed by atoms with Gasteiger partial charge in [-0.15, -0.1) is 0 Å². The summed E-state index contributed by atoms with van der Waals surface area (Å²) in [6, 6.07) is 8.06. The summed E-state index contributed by atoms with van der Waals surface area (Å²) in [5.74, 6) is -1.07. The van der Waals surface area contributed by atoms with E-state index in [2.05, 4.69) is 5.32 Å². The molecule has 4 heteroatoms. The van der Waals surface area contributed by atoms with Gasteiger partial charge in [-0.2, -0.15) is 0 Å². The Hall–Kier alpha value is -1.68. The van der Waals surface area contributed by atoms with Gasteiger partial charge in [0.1, 0.15) is 6.04 Å². The fraction of sp³-hybridized carbons (Fsp3) is 0.273. The van der Waals surface area contributed by atoms with Crippen molar-refractivity contribution >= 4 is 11.8 Å². The summed E-state index contributed by atoms with van der Waals surface area (Å²) in [5, 5.41) is 11.2.